The van der Waals surface area contributed by atoms with Crippen LogP contribution in [-0.2, 0) is 0 Å². The number of aliphatic hydroxyl groups is 1. The Labute approximate surface area is 156 Å². The fourth-order valence-corrected chi connectivity index (χ4v) is 3.54. The van der Waals surface area contributed by atoms with Gasteiger partial charge in [0, 0.05) is 10.8 Å². The van der Waals surface area contributed by atoms with E-state index < -0.39 is 6.10 Å². The minimum absolute atomic E-state index is 0.349. The lowest BCUT2D eigenvalue weighted by molar-refractivity contribution is 0.0990. The summed E-state index contributed by atoms with van der Waals surface area (Å²) in [5, 5.41) is 14.9. The third-order valence-electron chi connectivity index (χ3n) is 5.03. The van der Waals surface area contributed by atoms with Crippen LogP contribution in [0, 0.1) is 13.8 Å². The van der Waals surface area contributed by atoms with E-state index in [4.69, 9.17) is 4.74 Å². The van der Waals surface area contributed by atoms with Gasteiger partial charge in [0.2, 0.25) is 0 Å². The molecule has 3 aromatic rings. The Morgan fingerprint density at radius 2 is 1.62 bits per heavy atom. The maximum atomic E-state index is 10.3. The van der Waals surface area contributed by atoms with Crippen molar-refractivity contribution in [2.24, 2.45) is 0 Å². The summed E-state index contributed by atoms with van der Waals surface area (Å²) in [4.78, 5) is 0. The number of rotatable bonds is 8. The van der Waals surface area contributed by atoms with Crippen molar-refractivity contribution in [2.75, 3.05) is 6.61 Å². The van der Waals surface area contributed by atoms with Crippen LogP contribution in [0.4, 0.5) is 0 Å². The molecule has 1 atom stereocenters. The van der Waals surface area contributed by atoms with E-state index in [9.17, 15) is 5.11 Å². The first kappa shape index (κ1) is 18.7. The Kier molecular flexibility index (Phi) is 6.16. The molecule has 138 valence electrons. The second-order valence-corrected chi connectivity index (χ2v) is 7.47. The summed E-state index contributed by atoms with van der Waals surface area (Å²) in [5.41, 5.74) is 2.46. The van der Waals surface area contributed by atoms with Crippen LogP contribution in [0.15, 0.2) is 42.5 Å². The van der Waals surface area contributed by atoms with Gasteiger partial charge in [0.05, 0.1) is 6.10 Å². The molecular formula is C24H30O2. The van der Waals surface area contributed by atoms with Gasteiger partial charge in [-0.05, 0) is 43.2 Å². The number of hydrogen-bond acceptors (Lipinski definition) is 2. The third kappa shape index (κ3) is 4.37. The molecule has 1 unspecified atom stereocenters. The maximum absolute atomic E-state index is 10.3. The van der Waals surface area contributed by atoms with Crippen LogP contribution < -0.4 is 4.74 Å². The van der Waals surface area contributed by atoms with E-state index in [1.54, 1.807) is 0 Å². The molecule has 2 heteroatoms. The quantitative estimate of drug-likeness (QED) is 0.380. The van der Waals surface area contributed by atoms with Crippen molar-refractivity contribution < 1.29 is 9.84 Å². The van der Waals surface area contributed by atoms with E-state index in [1.807, 2.05) is 0 Å². The fourth-order valence-electron chi connectivity index (χ4n) is 3.54. The molecule has 0 spiro atoms. The Bertz CT molecular complexity index is 882. The number of ether oxygens (including phenoxy) is 1. The molecule has 3 rings (SSSR count). The van der Waals surface area contributed by atoms with Gasteiger partial charge >= 0.3 is 0 Å². The van der Waals surface area contributed by atoms with Crippen molar-refractivity contribution >= 4 is 21.5 Å². The number of benzene rings is 3. The zero-order chi connectivity index (χ0) is 18.5. The number of aliphatic hydroxyl groups excluding tert-OH is 1. The Balaban J connectivity index is 1.88. The Morgan fingerprint density at radius 1 is 0.846 bits per heavy atom. The van der Waals surface area contributed by atoms with E-state index in [0.29, 0.717) is 6.61 Å². The van der Waals surface area contributed by atoms with Crippen molar-refractivity contribution in [3.63, 3.8) is 0 Å². The molecule has 2 nitrogen and oxygen atoms in total. The lowest BCUT2D eigenvalue weighted by Gasteiger charge is -2.17. The van der Waals surface area contributed by atoms with Crippen LogP contribution in [0.3, 0.4) is 0 Å². The van der Waals surface area contributed by atoms with E-state index in [1.165, 1.54) is 41.2 Å². The van der Waals surface area contributed by atoms with Gasteiger partial charge in [-0.25, -0.2) is 0 Å². The molecule has 3 aromatic carbocycles. The summed E-state index contributed by atoms with van der Waals surface area (Å²) in [6, 6.07) is 15.1. The number of aryl methyl sites for hydroxylation is 2. The highest BCUT2D eigenvalue weighted by Crippen LogP contribution is 2.36. The zero-order valence-electron chi connectivity index (χ0n) is 16.2. The lowest BCUT2D eigenvalue weighted by Crippen LogP contribution is -2.17. The van der Waals surface area contributed by atoms with Crippen molar-refractivity contribution in [1.82, 2.24) is 0 Å². The highest BCUT2D eigenvalue weighted by molar-refractivity contribution is 6.05. The van der Waals surface area contributed by atoms with E-state index in [0.717, 1.165) is 29.4 Å². The van der Waals surface area contributed by atoms with Crippen molar-refractivity contribution in [2.45, 2.75) is 59.0 Å². The molecule has 0 aliphatic heterocycles. The maximum Gasteiger partial charge on any atom is 0.135 e. The topological polar surface area (TPSA) is 29.5 Å². The molecule has 0 aliphatic rings. The summed E-state index contributed by atoms with van der Waals surface area (Å²) < 4.78 is 6.20. The normalized spacial score (nSPS) is 12.6. The minimum Gasteiger partial charge on any atom is -0.490 e. The minimum atomic E-state index is -0.410. The predicted octanol–water partition coefficient (Wildman–Crippen LogP) is 6.32. The van der Waals surface area contributed by atoms with Gasteiger partial charge in [-0.15, -0.1) is 0 Å². The van der Waals surface area contributed by atoms with Crippen LogP contribution in [0.25, 0.3) is 21.5 Å². The van der Waals surface area contributed by atoms with Gasteiger partial charge < -0.3 is 9.84 Å². The van der Waals surface area contributed by atoms with Gasteiger partial charge in [-0.3, -0.25) is 0 Å². The monoisotopic (exact) mass is 350 g/mol. The Hall–Kier alpha value is -2.06. The molecule has 0 saturated carbocycles. The molecule has 0 aliphatic carbocycles. The third-order valence-corrected chi connectivity index (χ3v) is 5.03. The SMILES string of the molecule is CCCCCCC(O)COc1c2ccc(C)cc2cc2ccc(C)cc12. The molecule has 0 bridgehead atoms. The zero-order valence-corrected chi connectivity index (χ0v) is 16.2. The van der Waals surface area contributed by atoms with Crippen molar-refractivity contribution in [3.8, 4) is 5.75 Å². The van der Waals surface area contributed by atoms with Crippen LogP contribution >= 0.6 is 0 Å². The van der Waals surface area contributed by atoms with Gasteiger partial charge in [-0.2, -0.15) is 0 Å². The lowest BCUT2D eigenvalue weighted by atomic mass is 9.99. The molecule has 1 N–H and O–H groups in total. The molecular weight excluding hydrogens is 320 g/mol. The molecule has 0 fully saturated rings. The van der Waals surface area contributed by atoms with E-state index in [2.05, 4.69) is 63.2 Å². The standard InChI is InChI=1S/C24H30O2/c1-4-5-6-7-8-21(25)16-26-24-22-12-10-17(2)13-20(22)15-19-11-9-18(3)14-23(19)24/h9-15,21,25H,4-8,16H2,1-3H3. The summed E-state index contributed by atoms with van der Waals surface area (Å²) in [7, 11) is 0. The van der Waals surface area contributed by atoms with Gasteiger partial charge in [0.1, 0.15) is 12.4 Å². The average Bonchev–Trinajstić information content (AvgIpc) is 2.62. The highest BCUT2D eigenvalue weighted by Gasteiger charge is 2.12. The molecule has 0 aromatic heterocycles. The number of fused-ring (bicyclic) bond motifs is 2. The van der Waals surface area contributed by atoms with E-state index >= 15 is 0 Å². The molecule has 26 heavy (non-hydrogen) atoms. The molecule has 0 amide bonds. The van der Waals surface area contributed by atoms with Gasteiger partial charge in [-0.1, -0.05) is 74.1 Å². The first-order valence-electron chi connectivity index (χ1n) is 9.83. The second-order valence-electron chi connectivity index (χ2n) is 7.47. The summed E-state index contributed by atoms with van der Waals surface area (Å²) in [6.45, 7) is 6.77. The van der Waals surface area contributed by atoms with Crippen LogP contribution in [0.1, 0.15) is 50.2 Å². The van der Waals surface area contributed by atoms with Crippen molar-refractivity contribution in [3.05, 3.63) is 53.6 Å². The largest absolute Gasteiger partial charge is 0.490 e. The highest BCUT2D eigenvalue weighted by atomic mass is 16.5. The summed E-state index contributed by atoms with van der Waals surface area (Å²) >= 11 is 0. The molecule has 0 saturated heterocycles. The van der Waals surface area contributed by atoms with Gasteiger partial charge in [0.15, 0.2) is 0 Å². The second kappa shape index (κ2) is 8.55. The number of hydrogen-bond donors (Lipinski definition) is 1. The first-order chi connectivity index (χ1) is 12.6. The summed E-state index contributed by atoms with van der Waals surface area (Å²) in [5.74, 6) is 0.897. The summed E-state index contributed by atoms with van der Waals surface area (Å²) in [6.07, 6.45) is 5.09. The average molecular weight is 351 g/mol. The first-order valence-corrected chi connectivity index (χ1v) is 9.83. The molecule has 0 heterocycles. The van der Waals surface area contributed by atoms with Crippen LogP contribution in [0.2, 0.25) is 0 Å². The van der Waals surface area contributed by atoms with Crippen molar-refractivity contribution in [1.29, 1.82) is 0 Å². The van der Waals surface area contributed by atoms with Gasteiger partial charge in [0.25, 0.3) is 0 Å². The fraction of sp³-hybridized carbons (Fsp3) is 0.417. The van der Waals surface area contributed by atoms with Crippen LogP contribution in [0.5, 0.6) is 5.75 Å². The Morgan fingerprint density at radius 3 is 2.42 bits per heavy atom. The number of unbranched alkanes of at least 4 members (excludes halogenated alkanes) is 3. The smallest absolute Gasteiger partial charge is 0.135 e. The molecule has 0 radical (unpaired) electrons. The predicted molar refractivity (Wildman–Crippen MR) is 111 cm³/mol. The van der Waals surface area contributed by atoms with E-state index in [-0.39, 0.29) is 0 Å². The van der Waals surface area contributed by atoms with Crippen LogP contribution in [-0.4, -0.2) is 17.8 Å².